The number of benzene rings is 1. The molecule has 0 amide bonds. The molecule has 0 saturated heterocycles. The lowest BCUT2D eigenvalue weighted by Gasteiger charge is -1.93. The number of rotatable bonds is 1. The highest BCUT2D eigenvalue weighted by Crippen LogP contribution is 2.04. The molecule has 1 aromatic carbocycles. The minimum absolute atomic E-state index is 0. The van der Waals surface area contributed by atoms with E-state index >= 15 is 0 Å². The van der Waals surface area contributed by atoms with Crippen molar-refractivity contribution in [3.63, 3.8) is 0 Å². The predicted octanol–water partition coefficient (Wildman–Crippen LogP) is -0.379. The summed E-state index contributed by atoms with van der Waals surface area (Å²) in [4.78, 5) is 0. The minimum atomic E-state index is 0. The molecule has 2 rings (SSSR count). The van der Waals surface area contributed by atoms with Crippen molar-refractivity contribution >= 4 is 11.6 Å². The van der Waals surface area contributed by atoms with Crippen molar-refractivity contribution in [3.05, 3.63) is 59.9 Å². The third-order valence-corrected chi connectivity index (χ3v) is 2.10. The monoisotopic (exact) mass is 225 g/mol. The Balaban J connectivity index is 0.000000980. The number of halogens is 2. The molecule has 1 nitrogen and oxygen atoms in total. The first kappa shape index (κ1) is 11.0. The molecule has 3 heteroatoms. The van der Waals surface area contributed by atoms with Gasteiger partial charge in [0.05, 0.1) is 5.02 Å². The molecule has 0 fully saturated rings. The zero-order valence-corrected chi connectivity index (χ0v) is 8.91. The van der Waals surface area contributed by atoms with Crippen LogP contribution in [0, 0.1) is 0 Å². The summed E-state index contributed by atoms with van der Waals surface area (Å²) in [5.41, 5.74) is 1.14. The van der Waals surface area contributed by atoms with E-state index in [1.165, 1.54) is 0 Å². The molecule has 0 unspecified atom stereocenters. The Morgan fingerprint density at radius 2 is 1.43 bits per heavy atom. The zero-order valence-electron chi connectivity index (χ0n) is 7.40. The molecule has 0 saturated carbocycles. The maximum atomic E-state index is 5.79. The number of nitrogens with zero attached hydrogens (tertiary/aromatic N) is 1. The van der Waals surface area contributed by atoms with Crippen molar-refractivity contribution in [1.29, 1.82) is 0 Å². The molecule has 0 aliphatic carbocycles. The van der Waals surface area contributed by atoms with E-state index in [2.05, 4.69) is 0 Å². The fraction of sp³-hybridized carbons (Fsp3) is 0. The van der Waals surface area contributed by atoms with Crippen LogP contribution >= 0.6 is 11.6 Å². The first-order chi connectivity index (χ1) is 6.36. The van der Waals surface area contributed by atoms with E-state index in [0.29, 0.717) is 0 Å². The normalized spacial score (nSPS) is 9.21. The Bertz CT molecular complexity index is 384. The first-order valence-corrected chi connectivity index (χ1v) is 4.46. The largest absolute Gasteiger partial charge is 1.00 e. The fourth-order valence-corrected chi connectivity index (χ4v) is 1.29. The number of aromatic nitrogens is 1. The molecule has 1 heterocycles. The van der Waals surface area contributed by atoms with Crippen LogP contribution in [-0.2, 0) is 0 Å². The van der Waals surface area contributed by atoms with E-state index in [-0.39, 0.29) is 12.4 Å². The van der Waals surface area contributed by atoms with Gasteiger partial charge in [-0.2, -0.15) is 4.57 Å². The first-order valence-electron chi connectivity index (χ1n) is 4.08. The van der Waals surface area contributed by atoms with Crippen molar-refractivity contribution in [2.24, 2.45) is 0 Å². The molecule has 0 aliphatic rings. The van der Waals surface area contributed by atoms with E-state index in [1.54, 1.807) is 0 Å². The minimum Gasteiger partial charge on any atom is -1.00 e. The zero-order chi connectivity index (χ0) is 9.10. The maximum absolute atomic E-state index is 5.79. The quantitative estimate of drug-likeness (QED) is 0.584. The standard InChI is InChI=1S/C11H9ClN.ClH/c12-10-6-8-13(9-7-10)11-4-2-1-3-5-11;/h1-9H;1H/q+1;/p-1. The topological polar surface area (TPSA) is 3.88 Å². The highest BCUT2D eigenvalue weighted by atomic mass is 35.5. The van der Waals surface area contributed by atoms with Gasteiger partial charge in [0, 0.05) is 24.3 Å². The van der Waals surface area contributed by atoms with Gasteiger partial charge in [-0.3, -0.25) is 0 Å². The van der Waals surface area contributed by atoms with E-state index < -0.39 is 0 Å². The van der Waals surface area contributed by atoms with Gasteiger partial charge in [-0.25, -0.2) is 0 Å². The highest BCUT2D eigenvalue weighted by Gasteiger charge is 2.02. The molecule has 0 radical (unpaired) electrons. The average Bonchev–Trinajstić information content (AvgIpc) is 2.20. The van der Waals surface area contributed by atoms with Crippen LogP contribution in [-0.4, -0.2) is 0 Å². The van der Waals surface area contributed by atoms with Crippen LogP contribution in [0.1, 0.15) is 0 Å². The average molecular weight is 226 g/mol. The molecule has 0 bridgehead atoms. The molecule has 0 atom stereocenters. The molecular weight excluding hydrogens is 217 g/mol. The van der Waals surface area contributed by atoms with Gasteiger partial charge in [0.15, 0.2) is 12.4 Å². The molecule has 0 spiro atoms. The number of pyridine rings is 1. The van der Waals surface area contributed by atoms with Crippen LogP contribution in [0.5, 0.6) is 0 Å². The maximum Gasteiger partial charge on any atom is 0.210 e. The second-order valence-electron chi connectivity index (χ2n) is 2.76. The van der Waals surface area contributed by atoms with Crippen molar-refractivity contribution in [2.45, 2.75) is 0 Å². The Morgan fingerprint density at radius 3 is 2.00 bits per heavy atom. The second-order valence-corrected chi connectivity index (χ2v) is 3.20. The summed E-state index contributed by atoms with van der Waals surface area (Å²) < 4.78 is 2.02. The molecule has 14 heavy (non-hydrogen) atoms. The summed E-state index contributed by atoms with van der Waals surface area (Å²) in [6.45, 7) is 0. The summed E-state index contributed by atoms with van der Waals surface area (Å²) >= 11 is 5.79. The summed E-state index contributed by atoms with van der Waals surface area (Å²) in [5.74, 6) is 0. The fourth-order valence-electron chi connectivity index (χ4n) is 1.18. The van der Waals surface area contributed by atoms with Crippen LogP contribution in [0.15, 0.2) is 54.9 Å². The van der Waals surface area contributed by atoms with Crippen LogP contribution in [0.25, 0.3) is 5.69 Å². The summed E-state index contributed by atoms with van der Waals surface area (Å²) in [6, 6.07) is 13.9. The summed E-state index contributed by atoms with van der Waals surface area (Å²) in [7, 11) is 0. The van der Waals surface area contributed by atoms with Crippen molar-refractivity contribution in [2.75, 3.05) is 0 Å². The molecule has 72 valence electrons. The van der Waals surface area contributed by atoms with Gasteiger partial charge in [0.2, 0.25) is 5.69 Å². The number of hydrogen-bond acceptors (Lipinski definition) is 0. The van der Waals surface area contributed by atoms with Crippen molar-refractivity contribution < 1.29 is 17.0 Å². The third-order valence-electron chi connectivity index (χ3n) is 1.84. The lowest BCUT2D eigenvalue weighted by molar-refractivity contribution is -0.595. The Kier molecular flexibility index (Phi) is 3.93. The van der Waals surface area contributed by atoms with Gasteiger partial charge in [-0.15, -0.1) is 0 Å². The van der Waals surface area contributed by atoms with Crippen molar-refractivity contribution in [3.8, 4) is 5.69 Å². The summed E-state index contributed by atoms with van der Waals surface area (Å²) in [5, 5.41) is 0.757. The molecular formula is C11H9Cl2N. The second kappa shape index (κ2) is 4.99. The van der Waals surface area contributed by atoms with Gasteiger partial charge in [-0.1, -0.05) is 29.8 Å². The predicted molar refractivity (Wildman–Crippen MR) is 53.0 cm³/mol. The number of hydrogen-bond donors (Lipinski definition) is 0. The van der Waals surface area contributed by atoms with Crippen LogP contribution in [0.4, 0.5) is 0 Å². The molecule has 2 aromatic rings. The van der Waals surface area contributed by atoms with Gasteiger partial charge in [-0.05, 0) is 0 Å². The van der Waals surface area contributed by atoms with Crippen molar-refractivity contribution in [1.82, 2.24) is 0 Å². The highest BCUT2D eigenvalue weighted by molar-refractivity contribution is 6.30. The third kappa shape index (κ3) is 2.47. The van der Waals surface area contributed by atoms with E-state index in [1.807, 2.05) is 59.4 Å². The van der Waals surface area contributed by atoms with Gasteiger partial charge in [0.1, 0.15) is 0 Å². The van der Waals surface area contributed by atoms with E-state index in [0.717, 1.165) is 10.7 Å². The lowest BCUT2D eigenvalue weighted by atomic mass is 10.3. The molecule has 0 N–H and O–H groups in total. The number of para-hydroxylation sites is 1. The Morgan fingerprint density at radius 1 is 0.857 bits per heavy atom. The van der Waals surface area contributed by atoms with Crippen LogP contribution < -0.4 is 17.0 Å². The van der Waals surface area contributed by atoms with E-state index in [4.69, 9.17) is 11.6 Å². The SMILES string of the molecule is Clc1cc[n+](-c2ccccc2)cc1.[Cl-]. The van der Waals surface area contributed by atoms with E-state index in [9.17, 15) is 0 Å². The van der Waals surface area contributed by atoms with Gasteiger partial charge >= 0.3 is 0 Å². The lowest BCUT2D eigenvalue weighted by Crippen LogP contribution is -3.00. The Labute approximate surface area is 94.4 Å². The molecule has 0 aliphatic heterocycles. The van der Waals surface area contributed by atoms with Crippen LogP contribution in [0.3, 0.4) is 0 Å². The Hall–Kier alpha value is -1.05. The smallest absolute Gasteiger partial charge is 0.210 e. The van der Waals surface area contributed by atoms with Gasteiger partial charge in [0.25, 0.3) is 0 Å². The van der Waals surface area contributed by atoms with Crippen LogP contribution in [0.2, 0.25) is 5.02 Å². The van der Waals surface area contributed by atoms with Gasteiger partial charge < -0.3 is 12.4 Å². The molecule has 1 aromatic heterocycles. The summed E-state index contributed by atoms with van der Waals surface area (Å²) in [6.07, 6.45) is 3.88.